The molecule has 0 aliphatic rings. The van der Waals surface area contributed by atoms with Gasteiger partial charge in [0, 0.05) is 54.7 Å². The molecule has 244 valence electrons. The highest BCUT2D eigenvalue weighted by Crippen LogP contribution is 2.46. The minimum Gasteiger partial charge on any atom is -0.456 e. The summed E-state index contributed by atoms with van der Waals surface area (Å²) >= 11 is 0. The van der Waals surface area contributed by atoms with Gasteiger partial charge in [-0.25, -0.2) is 9.97 Å². The van der Waals surface area contributed by atoms with E-state index in [-0.39, 0.29) is 0 Å². The maximum absolute atomic E-state index is 6.48. The summed E-state index contributed by atoms with van der Waals surface area (Å²) in [6.45, 7) is 0. The zero-order valence-corrected chi connectivity index (χ0v) is 28.2. The highest BCUT2D eigenvalue weighted by molar-refractivity contribution is 6.32. The van der Waals surface area contributed by atoms with E-state index in [4.69, 9.17) is 14.4 Å². The quantitative estimate of drug-likeness (QED) is 0.172. The van der Waals surface area contributed by atoms with Crippen molar-refractivity contribution in [2.45, 2.75) is 0 Å². The van der Waals surface area contributed by atoms with E-state index in [0.717, 1.165) is 82.9 Å². The maximum atomic E-state index is 6.48. The van der Waals surface area contributed by atoms with Crippen LogP contribution < -0.4 is 0 Å². The monoisotopic (exact) mass is 674 g/mol. The Bertz CT molecular complexity index is 3680. The minimum absolute atomic E-state index is 0.815. The number of aromatic nitrogens is 4. The first-order valence-corrected chi connectivity index (χ1v) is 18.0. The first kappa shape index (κ1) is 27.5. The molecule has 0 aliphatic carbocycles. The summed E-state index contributed by atoms with van der Waals surface area (Å²) in [5, 5.41) is 11.8. The predicted molar refractivity (Wildman–Crippen MR) is 219 cm³/mol. The van der Waals surface area contributed by atoms with Crippen LogP contribution >= 0.6 is 0 Å². The molecular formula is C48H26N4O. The van der Waals surface area contributed by atoms with Crippen LogP contribution in [0.25, 0.3) is 121 Å². The second-order valence-electron chi connectivity index (χ2n) is 14.1. The van der Waals surface area contributed by atoms with Gasteiger partial charge in [-0.1, -0.05) is 115 Å². The van der Waals surface area contributed by atoms with E-state index in [1.165, 1.54) is 37.8 Å². The SMILES string of the molecule is c1ccc(-c2nc3ccc4ccccc4c3nc2-n2c3cccc4c5cccc6c7cc8c(cc7n(c7cccc2c7c43)c56)oc2ccccc28)cc1. The average molecular weight is 675 g/mol. The van der Waals surface area contributed by atoms with Crippen LogP contribution in [0.15, 0.2) is 162 Å². The number of benzene rings is 8. The second-order valence-corrected chi connectivity index (χ2v) is 14.1. The van der Waals surface area contributed by atoms with Crippen molar-refractivity contribution in [1.29, 1.82) is 0 Å². The number of rotatable bonds is 2. The van der Waals surface area contributed by atoms with Gasteiger partial charge in [-0.05, 0) is 47.2 Å². The van der Waals surface area contributed by atoms with Crippen LogP contribution in [-0.2, 0) is 0 Å². The zero-order valence-electron chi connectivity index (χ0n) is 28.2. The van der Waals surface area contributed by atoms with Crippen LogP contribution in [0.4, 0.5) is 0 Å². The molecule has 0 radical (unpaired) electrons. The summed E-state index contributed by atoms with van der Waals surface area (Å²) in [4.78, 5) is 11.0. The summed E-state index contributed by atoms with van der Waals surface area (Å²) in [6.07, 6.45) is 0. The first-order valence-electron chi connectivity index (χ1n) is 18.0. The fourth-order valence-electron chi connectivity index (χ4n) is 9.21. The molecule has 5 nitrogen and oxygen atoms in total. The van der Waals surface area contributed by atoms with Gasteiger partial charge in [0.05, 0.1) is 38.6 Å². The fraction of sp³-hybridized carbons (Fsp3) is 0. The molecule has 5 heteroatoms. The molecule has 0 spiro atoms. The Hall–Kier alpha value is -7.24. The van der Waals surface area contributed by atoms with E-state index in [0.29, 0.717) is 0 Å². The van der Waals surface area contributed by atoms with Crippen molar-refractivity contribution >= 4 is 104 Å². The summed E-state index contributed by atoms with van der Waals surface area (Å²) in [5.74, 6) is 0.815. The number of fused-ring (bicyclic) bond motifs is 11. The van der Waals surface area contributed by atoms with Crippen molar-refractivity contribution in [3.05, 3.63) is 158 Å². The molecule has 8 aromatic carbocycles. The van der Waals surface area contributed by atoms with Crippen molar-refractivity contribution in [2.24, 2.45) is 0 Å². The van der Waals surface area contributed by atoms with Crippen molar-refractivity contribution in [3.63, 3.8) is 0 Å². The molecule has 0 saturated heterocycles. The van der Waals surface area contributed by atoms with Gasteiger partial charge in [-0.3, -0.25) is 4.57 Å². The van der Waals surface area contributed by atoms with Gasteiger partial charge < -0.3 is 8.82 Å². The van der Waals surface area contributed by atoms with Crippen LogP contribution in [0.5, 0.6) is 0 Å². The summed E-state index contributed by atoms with van der Waals surface area (Å²) in [7, 11) is 0. The van der Waals surface area contributed by atoms with Crippen molar-refractivity contribution in [1.82, 2.24) is 18.9 Å². The Morgan fingerprint density at radius 1 is 0.434 bits per heavy atom. The van der Waals surface area contributed by atoms with E-state index < -0.39 is 0 Å². The Balaban J connectivity index is 1.25. The molecule has 0 amide bonds. The van der Waals surface area contributed by atoms with Gasteiger partial charge >= 0.3 is 0 Å². The third-order valence-corrected chi connectivity index (χ3v) is 11.4. The summed E-state index contributed by atoms with van der Waals surface area (Å²) < 4.78 is 11.3. The Morgan fingerprint density at radius 2 is 1.13 bits per heavy atom. The molecule has 13 rings (SSSR count). The highest BCUT2D eigenvalue weighted by atomic mass is 16.3. The number of hydrogen-bond acceptors (Lipinski definition) is 3. The zero-order chi connectivity index (χ0) is 34.4. The fourth-order valence-corrected chi connectivity index (χ4v) is 9.21. The Morgan fingerprint density at radius 3 is 2.04 bits per heavy atom. The normalized spacial score (nSPS) is 12.5. The molecule has 0 saturated carbocycles. The van der Waals surface area contributed by atoms with Gasteiger partial charge in [0.25, 0.3) is 0 Å². The molecule has 0 bridgehead atoms. The smallest absolute Gasteiger partial charge is 0.165 e. The Kier molecular flexibility index (Phi) is 5.06. The van der Waals surface area contributed by atoms with Gasteiger partial charge in [0.2, 0.25) is 0 Å². The van der Waals surface area contributed by atoms with Gasteiger partial charge in [0.1, 0.15) is 16.9 Å². The largest absolute Gasteiger partial charge is 0.456 e. The minimum atomic E-state index is 0.815. The molecular weight excluding hydrogens is 649 g/mol. The van der Waals surface area contributed by atoms with E-state index >= 15 is 0 Å². The lowest BCUT2D eigenvalue weighted by atomic mass is 10.0. The lowest BCUT2D eigenvalue weighted by molar-refractivity contribution is 0.669. The van der Waals surface area contributed by atoms with E-state index in [9.17, 15) is 0 Å². The van der Waals surface area contributed by atoms with Gasteiger partial charge in [0.15, 0.2) is 5.82 Å². The Labute approximate surface area is 300 Å². The van der Waals surface area contributed by atoms with Gasteiger partial charge in [-0.15, -0.1) is 0 Å². The molecule has 0 N–H and O–H groups in total. The number of hydrogen-bond donors (Lipinski definition) is 0. The van der Waals surface area contributed by atoms with E-state index in [1.54, 1.807) is 0 Å². The molecule has 0 atom stereocenters. The molecule has 0 fully saturated rings. The van der Waals surface area contributed by atoms with Crippen LogP contribution in [0, 0.1) is 0 Å². The first-order chi connectivity index (χ1) is 26.3. The summed E-state index contributed by atoms with van der Waals surface area (Å²) in [6, 6.07) is 56.2. The number of nitrogens with zero attached hydrogens (tertiary/aromatic N) is 4. The molecule has 0 unspecified atom stereocenters. The van der Waals surface area contributed by atoms with Crippen molar-refractivity contribution in [2.75, 3.05) is 0 Å². The molecule has 5 heterocycles. The van der Waals surface area contributed by atoms with Gasteiger partial charge in [-0.2, -0.15) is 0 Å². The van der Waals surface area contributed by atoms with Crippen molar-refractivity contribution < 1.29 is 4.42 Å². The second kappa shape index (κ2) is 9.75. The van der Waals surface area contributed by atoms with Crippen LogP contribution in [0.3, 0.4) is 0 Å². The van der Waals surface area contributed by atoms with E-state index in [1.807, 2.05) is 6.07 Å². The van der Waals surface area contributed by atoms with Crippen LogP contribution in [-0.4, -0.2) is 18.9 Å². The third-order valence-electron chi connectivity index (χ3n) is 11.4. The molecule has 5 aromatic heterocycles. The standard InChI is InChI=1S/C48H26N4O/c1-2-12-28(13-3-1)45-48(50-46-29-14-5-4-11-27(29)23-24-36(46)49-45)52-37-19-9-16-31-32-17-8-18-33-34-25-35-30-15-6-7-22-41(30)53-42(35)26-40(34)51(47(32)33)38-20-10-21-39(52)44(38)43(31)37/h1-26H. The number of para-hydroxylation sites is 2. The molecule has 53 heavy (non-hydrogen) atoms. The molecule has 13 aromatic rings. The highest BCUT2D eigenvalue weighted by Gasteiger charge is 2.25. The van der Waals surface area contributed by atoms with E-state index in [2.05, 4.69) is 161 Å². The van der Waals surface area contributed by atoms with Crippen LogP contribution in [0.2, 0.25) is 0 Å². The average Bonchev–Trinajstić information content (AvgIpc) is 3.84. The van der Waals surface area contributed by atoms with Crippen LogP contribution in [0.1, 0.15) is 0 Å². The third kappa shape index (κ3) is 3.46. The number of furan rings is 1. The lowest BCUT2D eigenvalue weighted by Gasteiger charge is -2.15. The predicted octanol–water partition coefficient (Wildman–Crippen LogP) is 12.6. The topological polar surface area (TPSA) is 48.3 Å². The lowest BCUT2D eigenvalue weighted by Crippen LogP contribution is -2.04. The van der Waals surface area contributed by atoms with Crippen molar-refractivity contribution in [3.8, 4) is 17.1 Å². The summed E-state index contributed by atoms with van der Waals surface area (Å²) in [5.41, 5.74) is 11.1. The maximum Gasteiger partial charge on any atom is 0.165 e. The molecule has 0 aliphatic heterocycles.